The molecule has 0 bridgehead atoms. The predicted molar refractivity (Wildman–Crippen MR) is 47.5 cm³/mol. The van der Waals surface area contributed by atoms with Gasteiger partial charge in [0.05, 0.1) is 10.0 Å². The maximum atomic E-state index is 12.2. The molecule has 1 N–H and O–H groups in total. The van der Waals surface area contributed by atoms with Gasteiger partial charge in [0, 0.05) is 0 Å². The van der Waals surface area contributed by atoms with Crippen LogP contribution in [0.3, 0.4) is 0 Å². The Balaban J connectivity index is 3.20. The van der Waals surface area contributed by atoms with Crippen molar-refractivity contribution in [1.82, 2.24) is 0 Å². The van der Waals surface area contributed by atoms with E-state index in [1.54, 1.807) is 0 Å². The van der Waals surface area contributed by atoms with Gasteiger partial charge in [-0.3, -0.25) is 0 Å². The molecule has 0 radical (unpaired) electrons. The molecule has 1 aromatic carbocycles. The van der Waals surface area contributed by atoms with E-state index < -0.39 is 34.1 Å². The Morgan fingerprint density at radius 3 is 1.94 bits per heavy atom. The van der Waals surface area contributed by atoms with E-state index in [0.717, 1.165) is 0 Å². The molecular weight excluding hydrogens is 322 g/mol. The summed E-state index contributed by atoms with van der Waals surface area (Å²) in [5, 5.41) is 9.04. The standard InChI is InChI=1S/C8H3BrF6O2/c9-4-1-3(7(10,11)12)2-5(16)6(4)17-8(13,14)15/h1-2,16H. The molecule has 0 saturated carbocycles. The minimum Gasteiger partial charge on any atom is -0.504 e. The van der Waals surface area contributed by atoms with Gasteiger partial charge in [0.2, 0.25) is 0 Å². The zero-order valence-corrected chi connectivity index (χ0v) is 9.24. The monoisotopic (exact) mass is 324 g/mol. The first-order chi connectivity index (χ1) is 7.50. The zero-order valence-electron chi connectivity index (χ0n) is 7.66. The lowest BCUT2D eigenvalue weighted by Gasteiger charge is -2.14. The molecule has 0 amide bonds. The lowest BCUT2D eigenvalue weighted by molar-refractivity contribution is -0.275. The van der Waals surface area contributed by atoms with E-state index in [2.05, 4.69) is 20.7 Å². The Morgan fingerprint density at radius 1 is 1.06 bits per heavy atom. The van der Waals surface area contributed by atoms with Crippen molar-refractivity contribution in [2.75, 3.05) is 0 Å². The quantitative estimate of drug-likeness (QED) is 0.789. The summed E-state index contributed by atoms with van der Waals surface area (Å²) in [5.41, 5.74) is -1.30. The smallest absolute Gasteiger partial charge is 0.504 e. The first-order valence-corrected chi connectivity index (χ1v) is 4.65. The highest BCUT2D eigenvalue weighted by Crippen LogP contribution is 2.42. The van der Waals surface area contributed by atoms with E-state index in [4.69, 9.17) is 5.11 Å². The van der Waals surface area contributed by atoms with Crippen molar-refractivity contribution < 1.29 is 36.2 Å². The Labute approximate surface area is 98.9 Å². The number of hydrogen-bond donors (Lipinski definition) is 1. The van der Waals surface area contributed by atoms with Crippen LogP contribution in [0.25, 0.3) is 0 Å². The van der Waals surface area contributed by atoms with E-state index >= 15 is 0 Å². The summed E-state index contributed by atoms with van der Waals surface area (Å²) in [6.45, 7) is 0. The number of ether oxygens (including phenoxy) is 1. The molecule has 96 valence electrons. The number of phenolic OH excluding ortho intramolecular Hbond substituents is 1. The first kappa shape index (κ1) is 13.9. The van der Waals surface area contributed by atoms with Crippen LogP contribution in [0.1, 0.15) is 5.56 Å². The molecule has 0 spiro atoms. The van der Waals surface area contributed by atoms with Crippen LogP contribution < -0.4 is 4.74 Å². The van der Waals surface area contributed by atoms with Gasteiger partial charge in [0.25, 0.3) is 0 Å². The maximum Gasteiger partial charge on any atom is 0.573 e. The summed E-state index contributed by atoms with van der Waals surface area (Å²) in [5.74, 6) is -2.38. The van der Waals surface area contributed by atoms with Gasteiger partial charge in [-0.15, -0.1) is 13.2 Å². The van der Waals surface area contributed by atoms with Gasteiger partial charge in [-0.2, -0.15) is 13.2 Å². The van der Waals surface area contributed by atoms with Crippen LogP contribution in [0.2, 0.25) is 0 Å². The van der Waals surface area contributed by atoms with E-state index in [1.165, 1.54) is 0 Å². The molecule has 17 heavy (non-hydrogen) atoms. The van der Waals surface area contributed by atoms with Gasteiger partial charge < -0.3 is 9.84 Å². The first-order valence-electron chi connectivity index (χ1n) is 3.86. The second-order valence-electron chi connectivity index (χ2n) is 2.85. The molecule has 0 aliphatic carbocycles. The molecular formula is C8H3BrF6O2. The fourth-order valence-corrected chi connectivity index (χ4v) is 1.49. The van der Waals surface area contributed by atoms with Gasteiger partial charge in [-0.05, 0) is 28.1 Å². The molecule has 0 heterocycles. The highest BCUT2D eigenvalue weighted by molar-refractivity contribution is 9.10. The summed E-state index contributed by atoms with van der Waals surface area (Å²) in [4.78, 5) is 0. The summed E-state index contributed by atoms with van der Waals surface area (Å²) in [6.07, 6.45) is -9.89. The Morgan fingerprint density at radius 2 is 1.59 bits per heavy atom. The van der Waals surface area contributed by atoms with Crippen LogP contribution in [0.4, 0.5) is 26.3 Å². The average Bonchev–Trinajstić information content (AvgIpc) is 2.07. The molecule has 0 aliphatic rings. The van der Waals surface area contributed by atoms with Crippen molar-refractivity contribution in [2.24, 2.45) is 0 Å². The van der Waals surface area contributed by atoms with Crippen LogP contribution in [-0.4, -0.2) is 11.5 Å². The second-order valence-corrected chi connectivity index (χ2v) is 3.71. The summed E-state index contributed by atoms with van der Waals surface area (Å²) in [7, 11) is 0. The van der Waals surface area contributed by atoms with Crippen molar-refractivity contribution in [3.05, 3.63) is 22.2 Å². The molecule has 9 heteroatoms. The second kappa shape index (κ2) is 4.28. The molecule has 1 rings (SSSR count). The Bertz CT molecular complexity index is 402. The molecule has 1 aromatic rings. The summed E-state index contributed by atoms with van der Waals surface area (Å²) >= 11 is 2.46. The molecule has 0 unspecified atom stereocenters. The lowest BCUT2D eigenvalue weighted by Crippen LogP contribution is -2.18. The van der Waals surface area contributed by atoms with E-state index in [0.29, 0.717) is 6.07 Å². The van der Waals surface area contributed by atoms with Crippen LogP contribution in [0, 0.1) is 0 Å². The minimum absolute atomic E-state index is 0.145. The molecule has 2 nitrogen and oxygen atoms in total. The number of rotatable bonds is 1. The van der Waals surface area contributed by atoms with Crippen molar-refractivity contribution in [2.45, 2.75) is 12.5 Å². The third-order valence-electron chi connectivity index (χ3n) is 1.57. The largest absolute Gasteiger partial charge is 0.573 e. The number of hydrogen-bond acceptors (Lipinski definition) is 2. The van der Waals surface area contributed by atoms with E-state index in [1.807, 2.05) is 0 Å². The number of halogens is 7. The highest BCUT2D eigenvalue weighted by Gasteiger charge is 2.36. The highest BCUT2D eigenvalue weighted by atomic mass is 79.9. The van der Waals surface area contributed by atoms with Crippen LogP contribution >= 0.6 is 15.9 Å². The Kier molecular flexibility index (Phi) is 3.51. The molecule has 0 aromatic heterocycles. The average molecular weight is 325 g/mol. The summed E-state index contributed by atoms with van der Waals surface area (Å²) in [6, 6.07) is 0.520. The fourth-order valence-electron chi connectivity index (χ4n) is 0.959. The van der Waals surface area contributed by atoms with Gasteiger partial charge in [-0.1, -0.05) is 0 Å². The van der Waals surface area contributed by atoms with Crippen molar-refractivity contribution in [3.8, 4) is 11.5 Å². The molecule has 0 atom stereocenters. The van der Waals surface area contributed by atoms with E-state index in [-0.39, 0.29) is 6.07 Å². The summed E-state index contributed by atoms with van der Waals surface area (Å²) < 4.78 is 75.0. The fraction of sp³-hybridized carbons (Fsp3) is 0.250. The maximum absolute atomic E-state index is 12.2. The van der Waals surface area contributed by atoms with Crippen LogP contribution in [-0.2, 0) is 6.18 Å². The predicted octanol–water partition coefficient (Wildman–Crippen LogP) is 4.07. The normalized spacial score (nSPS) is 12.6. The van der Waals surface area contributed by atoms with Crippen molar-refractivity contribution in [1.29, 1.82) is 0 Å². The number of benzene rings is 1. The van der Waals surface area contributed by atoms with E-state index in [9.17, 15) is 26.3 Å². The zero-order chi connectivity index (χ0) is 13.4. The molecule has 0 saturated heterocycles. The van der Waals surface area contributed by atoms with Crippen LogP contribution in [0.15, 0.2) is 16.6 Å². The third kappa shape index (κ3) is 3.69. The molecule has 0 aliphatic heterocycles. The van der Waals surface area contributed by atoms with Gasteiger partial charge in [0.15, 0.2) is 11.5 Å². The number of alkyl halides is 6. The number of aromatic hydroxyl groups is 1. The SMILES string of the molecule is Oc1cc(C(F)(F)F)cc(Br)c1OC(F)(F)F. The van der Waals surface area contributed by atoms with Gasteiger partial charge in [-0.25, -0.2) is 0 Å². The third-order valence-corrected chi connectivity index (χ3v) is 2.16. The molecule has 0 fully saturated rings. The lowest BCUT2D eigenvalue weighted by atomic mass is 10.2. The Hall–Kier alpha value is -1.12. The topological polar surface area (TPSA) is 29.5 Å². The van der Waals surface area contributed by atoms with Crippen molar-refractivity contribution >= 4 is 15.9 Å². The van der Waals surface area contributed by atoms with Crippen LogP contribution in [0.5, 0.6) is 11.5 Å². The number of phenols is 1. The van der Waals surface area contributed by atoms with Gasteiger partial charge in [0.1, 0.15) is 0 Å². The van der Waals surface area contributed by atoms with Crippen molar-refractivity contribution in [3.63, 3.8) is 0 Å². The van der Waals surface area contributed by atoms with Gasteiger partial charge >= 0.3 is 12.5 Å². The minimum atomic E-state index is -5.11.